The maximum absolute atomic E-state index is 13.1. The van der Waals surface area contributed by atoms with E-state index in [0.29, 0.717) is 33.5 Å². The van der Waals surface area contributed by atoms with Crippen LogP contribution in [0.1, 0.15) is 12.5 Å². The molecule has 1 aromatic carbocycles. The van der Waals surface area contributed by atoms with Crippen molar-refractivity contribution in [3.63, 3.8) is 0 Å². The third-order valence-electron chi connectivity index (χ3n) is 4.73. The van der Waals surface area contributed by atoms with Gasteiger partial charge in [-0.3, -0.25) is 14.2 Å². The van der Waals surface area contributed by atoms with E-state index in [2.05, 4.69) is 15.4 Å². The van der Waals surface area contributed by atoms with Gasteiger partial charge < -0.3 is 10.2 Å². The standard InChI is InChI=1S/C19H21ClN6O2S/c1-24(2)7-6-21-16(27)9-14-11-29-19-23-17-15(18(28)25(14)19)10-22-26(17)13-5-3-4-12(20)8-13/h3-5,8,10,14H,6-7,9,11H2,1-2H3,(H,21,27)/t14-/m0/s1. The van der Waals surface area contributed by atoms with E-state index in [1.54, 1.807) is 21.4 Å². The lowest BCUT2D eigenvalue weighted by Crippen LogP contribution is -2.34. The third-order valence-corrected chi connectivity index (χ3v) is 6.06. The number of hydrogen-bond acceptors (Lipinski definition) is 6. The number of carbonyl (C=O) groups excluding carboxylic acids is 1. The molecule has 29 heavy (non-hydrogen) atoms. The van der Waals surface area contributed by atoms with Gasteiger partial charge in [0.15, 0.2) is 10.8 Å². The summed E-state index contributed by atoms with van der Waals surface area (Å²) in [6, 6.07) is 7.02. The van der Waals surface area contributed by atoms with E-state index in [1.807, 2.05) is 31.1 Å². The molecule has 0 aliphatic carbocycles. The van der Waals surface area contributed by atoms with E-state index >= 15 is 0 Å². The van der Waals surface area contributed by atoms with E-state index in [9.17, 15) is 9.59 Å². The number of likely N-dealkylation sites (N-methyl/N-ethyl adjacent to an activating group) is 1. The summed E-state index contributed by atoms with van der Waals surface area (Å²) in [5.74, 6) is 0.576. The van der Waals surface area contributed by atoms with Gasteiger partial charge >= 0.3 is 0 Å². The Balaban J connectivity index is 1.62. The van der Waals surface area contributed by atoms with Crippen molar-refractivity contribution in [2.24, 2.45) is 0 Å². The van der Waals surface area contributed by atoms with Gasteiger partial charge in [-0.15, -0.1) is 0 Å². The van der Waals surface area contributed by atoms with Gasteiger partial charge in [0.05, 0.1) is 17.9 Å². The number of thioether (sulfide) groups is 1. The molecule has 0 spiro atoms. The molecule has 1 atom stereocenters. The quantitative estimate of drug-likeness (QED) is 0.599. The van der Waals surface area contributed by atoms with E-state index < -0.39 is 0 Å². The Morgan fingerprint density at radius 1 is 1.41 bits per heavy atom. The monoisotopic (exact) mass is 432 g/mol. The van der Waals surface area contributed by atoms with Crippen molar-refractivity contribution in [2.75, 3.05) is 32.9 Å². The second-order valence-electron chi connectivity index (χ2n) is 7.17. The Morgan fingerprint density at radius 2 is 2.24 bits per heavy atom. The molecule has 0 saturated heterocycles. The lowest BCUT2D eigenvalue weighted by atomic mass is 10.2. The first-order valence-corrected chi connectivity index (χ1v) is 10.6. The predicted octanol–water partition coefficient (Wildman–Crippen LogP) is 1.95. The molecular formula is C19H21ClN6O2S. The fourth-order valence-electron chi connectivity index (χ4n) is 3.28. The van der Waals surface area contributed by atoms with E-state index in [4.69, 9.17) is 11.6 Å². The van der Waals surface area contributed by atoms with Gasteiger partial charge in [-0.25, -0.2) is 9.67 Å². The Kier molecular flexibility index (Phi) is 5.62. The number of nitrogens with zero attached hydrogens (tertiary/aromatic N) is 5. The summed E-state index contributed by atoms with van der Waals surface area (Å²) in [5, 5.41) is 8.86. The molecular weight excluding hydrogens is 412 g/mol. The molecule has 8 nitrogen and oxygen atoms in total. The Hall–Kier alpha value is -2.36. The molecule has 1 amide bonds. The van der Waals surface area contributed by atoms with Crippen LogP contribution in [0.15, 0.2) is 40.4 Å². The number of nitrogens with one attached hydrogen (secondary N) is 1. The normalized spacial score (nSPS) is 15.8. The van der Waals surface area contributed by atoms with Crippen LogP contribution in [0.25, 0.3) is 16.7 Å². The molecule has 0 radical (unpaired) electrons. The summed E-state index contributed by atoms with van der Waals surface area (Å²) < 4.78 is 3.24. The first kappa shape index (κ1) is 19.9. The highest BCUT2D eigenvalue weighted by molar-refractivity contribution is 7.99. The number of carbonyl (C=O) groups is 1. The first-order valence-electron chi connectivity index (χ1n) is 9.24. The Morgan fingerprint density at radius 3 is 3.00 bits per heavy atom. The minimum Gasteiger partial charge on any atom is -0.355 e. The fourth-order valence-corrected chi connectivity index (χ4v) is 4.60. The second kappa shape index (κ2) is 8.17. The predicted molar refractivity (Wildman–Crippen MR) is 114 cm³/mol. The summed E-state index contributed by atoms with van der Waals surface area (Å²) in [6.45, 7) is 1.35. The number of fused-ring (bicyclic) bond motifs is 2. The summed E-state index contributed by atoms with van der Waals surface area (Å²) >= 11 is 7.57. The van der Waals surface area contributed by atoms with Gasteiger partial charge in [-0.2, -0.15) is 5.10 Å². The van der Waals surface area contributed by atoms with Gasteiger partial charge in [-0.05, 0) is 32.3 Å². The van der Waals surface area contributed by atoms with Crippen molar-refractivity contribution in [1.82, 2.24) is 29.5 Å². The van der Waals surface area contributed by atoms with Crippen molar-refractivity contribution < 1.29 is 4.79 Å². The Labute approximate surface area is 176 Å². The molecule has 0 unspecified atom stereocenters. The minimum absolute atomic E-state index is 0.0630. The number of hydrogen-bond donors (Lipinski definition) is 1. The topological polar surface area (TPSA) is 85.1 Å². The Bertz CT molecular complexity index is 1130. The molecule has 1 aliphatic rings. The smallest absolute Gasteiger partial charge is 0.265 e. The van der Waals surface area contributed by atoms with E-state index in [0.717, 1.165) is 12.2 Å². The highest BCUT2D eigenvalue weighted by Gasteiger charge is 2.29. The van der Waals surface area contributed by atoms with Crippen molar-refractivity contribution in [1.29, 1.82) is 0 Å². The van der Waals surface area contributed by atoms with Crippen LogP contribution in [0.4, 0.5) is 0 Å². The summed E-state index contributed by atoms with van der Waals surface area (Å²) in [7, 11) is 3.91. The van der Waals surface area contributed by atoms with Crippen molar-refractivity contribution in [2.45, 2.75) is 17.6 Å². The van der Waals surface area contributed by atoms with Crippen molar-refractivity contribution >= 4 is 40.3 Å². The number of amides is 1. The zero-order valence-corrected chi connectivity index (χ0v) is 17.7. The highest BCUT2D eigenvalue weighted by Crippen LogP contribution is 2.33. The minimum atomic E-state index is -0.215. The van der Waals surface area contributed by atoms with Gasteiger partial charge in [0, 0.05) is 30.3 Å². The number of benzene rings is 1. The molecule has 0 bridgehead atoms. The number of halogens is 1. The fraction of sp³-hybridized carbons (Fsp3) is 0.368. The largest absolute Gasteiger partial charge is 0.355 e. The van der Waals surface area contributed by atoms with Crippen LogP contribution in [-0.4, -0.2) is 63.1 Å². The van der Waals surface area contributed by atoms with E-state index in [-0.39, 0.29) is 23.9 Å². The molecule has 1 N–H and O–H groups in total. The number of aromatic nitrogens is 4. The molecule has 4 rings (SSSR count). The molecule has 3 heterocycles. The summed E-state index contributed by atoms with van der Waals surface area (Å²) in [6.07, 6.45) is 1.78. The van der Waals surface area contributed by atoms with E-state index in [1.165, 1.54) is 18.0 Å². The lowest BCUT2D eigenvalue weighted by molar-refractivity contribution is -0.121. The molecule has 0 saturated carbocycles. The van der Waals surface area contributed by atoms with Gasteiger partial charge in [-0.1, -0.05) is 29.4 Å². The zero-order chi connectivity index (χ0) is 20.5. The van der Waals surface area contributed by atoms with Crippen molar-refractivity contribution in [3.8, 4) is 5.69 Å². The second-order valence-corrected chi connectivity index (χ2v) is 8.59. The molecule has 152 valence electrons. The first-order chi connectivity index (χ1) is 13.9. The maximum Gasteiger partial charge on any atom is 0.265 e. The molecule has 0 fully saturated rings. The van der Waals surface area contributed by atoms with Crippen LogP contribution >= 0.6 is 23.4 Å². The van der Waals surface area contributed by atoms with Crippen LogP contribution in [0.2, 0.25) is 5.02 Å². The van der Waals surface area contributed by atoms with Crippen LogP contribution in [0, 0.1) is 0 Å². The van der Waals surface area contributed by atoms with Crippen LogP contribution < -0.4 is 10.9 Å². The van der Waals surface area contributed by atoms with Crippen LogP contribution in [-0.2, 0) is 4.79 Å². The molecule has 10 heteroatoms. The van der Waals surface area contributed by atoms with Gasteiger partial charge in [0.1, 0.15) is 5.39 Å². The van der Waals surface area contributed by atoms with Crippen LogP contribution in [0.3, 0.4) is 0 Å². The molecule has 3 aromatic rings. The zero-order valence-electron chi connectivity index (χ0n) is 16.1. The average molecular weight is 433 g/mol. The third kappa shape index (κ3) is 4.03. The van der Waals surface area contributed by atoms with Crippen LogP contribution in [0.5, 0.6) is 0 Å². The number of rotatable bonds is 6. The SMILES string of the molecule is CN(C)CCNC(=O)C[C@H]1CSc2nc3c(cnn3-c3cccc(Cl)c3)c(=O)n21. The van der Waals surface area contributed by atoms with Crippen molar-refractivity contribution in [3.05, 3.63) is 45.8 Å². The molecule has 2 aromatic heterocycles. The highest BCUT2D eigenvalue weighted by atomic mass is 35.5. The lowest BCUT2D eigenvalue weighted by Gasteiger charge is -2.14. The van der Waals surface area contributed by atoms with Gasteiger partial charge in [0.2, 0.25) is 5.91 Å². The average Bonchev–Trinajstić information content (AvgIpc) is 3.26. The summed E-state index contributed by atoms with van der Waals surface area (Å²) in [5.41, 5.74) is 1.06. The van der Waals surface area contributed by atoms with Gasteiger partial charge in [0.25, 0.3) is 5.56 Å². The maximum atomic E-state index is 13.1. The molecule has 1 aliphatic heterocycles. The summed E-state index contributed by atoms with van der Waals surface area (Å²) in [4.78, 5) is 32.1.